The van der Waals surface area contributed by atoms with Crippen molar-refractivity contribution in [2.24, 2.45) is 5.92 Å². The third-order valence-corrected chi connectivity index (χ3v) is 4.55. The number of carboxylic acid groups (broad SMARTS) is 1. The van der Waals surface area contributed by atoms with Crippen LogP contribution in [0.3, 0.4) is 0 Å². The molecule has 108 valence electrons. The van der Waals surface area contributed by atoms with Gasteiger partial charge in [-0.3, -0.25) is 9.36 Å². The number of pyridine rings is 1. The fraction of sp³-hybridized carbons (Fsp3) is 0.250. The number of nitrogens with zero attached hydrogens (tertiary/aromatic N) is 1. The predicted molar refractivity (Wildman–Crippen MR) is 85.4 cm³/mol. The van der Waals surface area contributed by atoms with Crippen molar-refractivity contribution in [1.29, 1.82) is 0 Å². The Morgan fingerprint density at radius 3 is 2.52 bits per heavy atom. The summed E-state index contributed by atoms with van der Waals surface area (Å²) in [7, 11) is 0. The maximum absolute atomic E-state index is 12.7. The van der Waals surface area contributed by atoms with Crippen molar-refractivity contribution < 1.29 is 9.90 Å². The zero-order chi connectivity index (χ0) is 15.1. The van der Waals surface area contributed by atoms with Gasteiger partial charge < -0.3 is 5.11 Å². The molecule has 2 aromatic heterocycles. The van der Waals surface area contributed by atoms with Crippen molar-refractivity contribution in [1.82, 2.24) is 4.57 Å². The summed E-state index contributed by atoms with van der Waals surface area (Å²) in [4.78, 5) is 24.9. The van der Waals surface area contributed by atoms with Gasteiger partial charge in [0.05, 0.1) is 0 Å². The van der Waals surface area contributed by atoms with E-state index in [2.05, 4.69) is 0 Å². The molecule has 0 amide bonds. The lowest BCUT2D eigenvalue weighted by Gasteiger charge is -2.12. The van der Waals surface area contributed by atoms with Crippen molar-refractivity contribution in [2.45, 2.75) is 20.4 Å². The highest BCUT2D eigenvalue weighted by Crippen LogP contribution is 2.30. The first-order valence-corrected chi connectivity index (χ1v) is 7.59. The molecule has 0 saturated heterocycles. The number of aromatic nitrogens is 1. The van der Waals surface area contributed by atoms with E-state index in [4.69, 9.17) is 0 Å². The summed E-state index contributed by atoms with van der Waals surface area (Å²) in [5.41, 5.74) is -0.0504. The Balaban J connectivity index is 2.49. The van der Waals surface area contributed by atoms with Gasteiger partial charge in [0.25, 0.3) is 5.56 Å². The maximum atomic E-state index is 12.7. The molecule has 1 aromatic carbocycles. The van der Waals surface area contributed by atoms with Crippen molar-refractivity contribution in [3.05, 3.63) is 45.6 Å². The SMILES string of the molecule is CC(C)Cn1c(=O)c2ccccc2c2cc(C(=O)O)sc21. The Hall–Kier alpha value is -2.14. The molecular weight excluding hydrogens is 286 g/mol. The minimum atomic E-state index is -0.955. The highest BCUT2D eigenvalue weighted by atomic mass is 32.1. The van der Waals surface area contributed by atoms with Gasteiger partial charge in [0.15, 0.2) is 0 Å². The molecule has 0 radical (unpaired) electrons. The smallest absolute Gasteiger partial charge is 0.345 e. The first-order chi connectivity index (χ1) is 9.99. The van der Waals surface area contributed by atoms with Gasteiger partial charge in [-0.2, -0.15) is 0 Å². The summed E-state index contributed by atoms with van der Waals surface area (Å²) in [6, 6.07) is 9.04. The molecule has 0 saturated carbocycles. The zero-order valence-corrected chi connectivity index (χ0v) is 12.6. The lowest BCUT2D eigenvalue weighted by Crippen LogP contribution is -2.22. The number of aromatic carboxylic acids is 1. The number of benzene rings is 1. The summed E-state index contributed by atoms with van der Waals surface area (Å²) >= 11 is 1.17. The normalized spacial score (nSPS) is 11.6. The quantitative estimate of drug-likeness (QED) is 0.804. The molecule has 3 aromatic rings. The Kier molecular flexibility index (Phi) is 3.29. The summed E-state index contributed by atoms with van der Waals surface area (Å²) in [5.74, 6) is -0.647. The van der Waals surface area contributed by atoms with E-state index in [1.165, 1.54) is 11.3 Å². The number of fused-ring (bicyclic) bond motifs is 3. The number of hydrogen-bond acceptors (Lipinski definition) is 3. The van der Waals surface area contributed by atoms with Gasteiger partial charge in [0.2, 0.25) is 0 Å². The highest BCUT2D eigenvalue weighted by Gasteiger charge is 2.17. The first-order valence-electron chi connectivity index (χ1n) is 6.77. The van der Waals surface area contributed by atoms with E-state index in [0.717, 1.165) is 15.6 Å². The third-order valence-electron chi connectivity index (χ3n) is 3.41. The number of hydrogen-bond donors (Lipinski definition) is 1. The maximum Gasteiger partial charge on any atom is 0.345 e. The molecule has 0 atom stereocenters. The standard InChI is InChI=1S/C16H15NO3S/c1-9(2)8-17-14(18)11-6-4-3-5-10(11)12-7-13(16(19)20)21-15(12)17/h3-7,9H,8H2,1-2H3,(H,19,20). The number of carbonyl (C=O) groups is 1. The molecule has 0 bridgehead atoms. The Bertz CT molecular complexity index is 905. The van der Waals surface area contributed by atoms with Crippen molar-refractivity contribution >= 4 is 38.3 Å². The van der Waals surface area contributed by atoms with Crippen LogP contribution < -0.4 is 5.56 Å². The second-order valence-corrected chi connectivity index (χ2v) is 6.52. The molecule has 0 spiro atoms. The van der Waals surface area contributed by atoms with E-state index in [-0.39, 0.29) is 10.4 Å². The average molecular weight is 301 g/mol. The van der Waals surface area contributed by atoms with Gasteiger partial charge in [-0.1, -0.05) is 32.0 Å². The van der Waals surface area contributed by atoms with Gasteiger partial charge in [-0.25, -0.2) is 4.79 Å². The minimum absolute atomic E-state index is 0.0504. The van der Waals surface area contributed by atoms with Crippen molar-refractivity contribution in [2.75, 3.05) is 0 Å². The minimum Gasteiger partial charge on any atom is -0.477 e. The van der Waals surface area contributed by atoms with Gasteiger partial charge in [-0.05, 0) is 23.4 Å². The third kappa shape index (κ3) is 2.23. The molecule has 5 heteroatoms. The second kappa shape index (κ2) is 5.00. The van der Waals surface area contributed by atoms with Crippen LogP contribution in [-0.4, -0.2) is 15.6 Å². The van der Waals surface area contributed by atoms with Gasteiger partial charge in [0, 0.05) is 17.3 Å². The summed E-state index contributed by atoms with van der Waals surface area (Å²) in [6.45, 7) is 4.66. The van der Waals surface area contributed by atoms with E-state index >= 15 is 0 Å². The first kappa shape index (κ1) is 13.8. The highest BCUT2D eigenvalue weighted by molar-refractivity contribution is 7.20. The molecule has 3 rings (SSSR count). The van der Waals surface area contributed by atoms with Gasteiger partial charge >= 0.3 is 5.97 Å². The molecule has 0 aliphatic rings. The summed E-state index contributed by atoms with van der Waals surface area (Å²) in [5, 5.41) is 11.5. The second-order valence-electron chi connectivity index (χ2n) is 5.49. The van der Waals surface area contributed by atoms with Crippen molar-refractivity contribution in [3.63, 3.8) is 0 Å². The molecule has 0 fully saturated rings. The Morgan fingerprint density at radius 2 is 1.90 bits per heavy atom. The molecule has 21 heavy (non-hydrogen) atoms. The van der Waals surface area contributed by atoms with Crippen LogP contribution in [0.1, 0.15) is 23.5 Å². The van der Waals surface area contributed by atoms with E-state index in [1.54, 1.807) is 16.7 Å². The van der Waals surface area contributed by atoms with Crippen LogP contribution in [0.4, 0.5) is 0 Å². The number of carboxylic acids is 1. The zero-order valence-electron chi connectivity index (χ0n) is 11.8. The topological polar surface area (TPSA) is 59.3 Å². The van der Waals surface area contributed by atoms with Crippen LogP contribution in [0, 0.1) is 5.92 Å². The Labute approximate surface area is 125 Å². The van der Waals surface area contributed by atoms with Gasteiger partial charge in [0.1, 0.15) is 9.71 Å². The fourth-order valence-electron chi connectivity index (χ4n) is 2.55. The van der Waals surface area contributed by atoms with Crippen LogP contribution in [0.15, 0.2) is 35.1 Å². The Morgan fingerprint density at radius 1 is 1.24 bits per heavy atom. The number of rotatable bonds is 3. The van der Waals surface area contributed by atoms with Crippen LogP contribution in [0.5, 0.6) is 0 Å². The van der Waals surface area contributed by atoms with E-state index in [1.807, 2.05) is 32.0 Å². The molecule has 2 heterocycles. The van der Waals surface area contributed by atoms with Crippen LogP contribution in [-0.2, 0) is 6.54 Å². The monoisotopic (exact) mass is 301 g/mol. The molecule has 0 aliphatic heterocycles. The summed E-state index contributed by atoms with van der Waals surface area (Å²) < 4.78 is 1.71. The van der Waals surface area contributed by atoms with Crippen molar-refractivity contribution in [3.8, 4) is 0 Å². The summed E-state index contributed by atoms with van der Waals surface area (Å²) in [6.07, 6.45) is 0. The molecule has 0 unspecified atom stereocenters. The molecule has 1 N–H and O–H groups in total. The van der Waals surface area contributed by atoms with E-state index < -0.39 is 5.97 Å². The molecule has 0 aliphatic carbocycles. The predicted octanol–water partition coefficient (Wildman–Crippen LogP) is 3.57. The van der Waals surface area contributed by atoms with E-state index in [0.29, 0.717) is 17.8 Å². The fourth-order valence-corrected chi connectivity index (χ4v) is 3.57. The average Bonchev–Trinajstić information content (AvgIpc) is 2.88. The lowest BCUT2D eigenvalue weighted by atomic mass is 10.1. The molecular formula is C16H15NO3S. The largest absolute Gasteiger partial charge is 0.477 e. The van der Waals surface area contributed by atoms with Crippen LogP contribution >= 0.6 is 11.3 Å². The number of thiophene rings is 1. The van der Waals surface area contributed by atoms with E-state index in [9.17, 15) is 14.7 Å². The van der Waals surface area contributed by atoms with Gasteiger partial charge in [-0.15, -0.1) is 11.3 Å². The lowest BCUT2D eigenvalue weighted by molar-refractivity contribution is 0.0702. The van der Waals surface area contributed by atoms with Crippen LogP contribution in [0.25, 0.3) is 21.0 Å². The van der Waals surface area contributed by atoms with Crippen LogP contribution in [0.2, 0.25) is 0 Å². The molecule has 4 nitrogen and oxygen atoms in total.